The molecule has 8 nitrogen and oxygen atoms in total. The smallest absolute Gasteiger partial charge is 0.311 e. The first-order valence-corrected chi connectivity index (χ1v) is 6.36. The molecular weight excluding hydrogens is 262 g/mol. The molecule has 0 aliphatic carbocycles. The van der Waals surface area contributed by atoms with E-state index in [2.05, 4.69) is 15.6 Å². The highest BCUT2D eigenvalue weighted by Crippen LogP contribution is 2.26. The number of aromatic nitrogens is 1. The maximum absolute atomic E-state index is 11.6. The SMILES string of the molecule is CCNC(=O)CN(C)c1nc(NCC)ccc1[N+](=O)[O-]. The lowest BCUT2D eigenvalue weighted by molar-refractivity contribution is -0.384. The Kier molecular flexibility index (Phi) is 5.70. The lowest BCUT2D eigenvalue weighted by atomic mass is 10.3. The first-order chi connectivity index (χ1) is 9.49. The second kappa shape index (κ2) is 7.27. The van der Waals surface area contributed by atoms with Gasteiger partial charge >= 0.3 is 5.69 Å². The van der Waals surface area contributed by atoms with Crippen molar-refractivity contribution in [3.05, 3.63) is 22.2 Å². The number of carbonyl (C=O) groups is 1. The molecule has 0 radical (unpaired) electrons. The molecule has 0 fully saturated rings. The molecule has 1 rings (SSSR count). The number of nitrogens with zero attached hydrogens (tertiary/aromatic N) is 3. The molecule has 0 bridgehead atoms. The molecule has 8 heteroatoms. The summed E-state index contributed by atoms with van der Waals surface area (Å²) in [6, 6.07) is 2.93. The standard InChI is InChI=1S/C12H19N5O3/c1-4-13-10-7-6-9(17(19)20)12(15-10)16(3)8-11(18)14-5-2/h6-7H,4-5,8H2,1-3H3,(H,13,15)(H,14,18). The monoisotopic (exact) mass is 281 g/mol. The molecule has 2 N–H and O–H groups in total. The number of amides is 1. The van der Waals surface area contributed by atoms with E-state index >= 15 is 0 Å². The predicted molar refractivity (Wildman–Crippen MR) is 77.0 cm³/mol. The Balaban J connectivity index is 3.02. The van der Waals surface area contributed by atoms with Crippen molar-refractivity contribution in [3.8, 4) is 0 Å². The molecular formula is C12H19N5O3. The molecule has 0 atom stereocenters. The van der Waals surface area contributed by atoms with E-state index in [1.165, 1.54) is 11.0 Å². The zero-order valence-electron chi connectivity index (χ0n) is 11.8. The normalized spacial score (nSPS) is 9.95. The molecule has 0 saturated carbocycles. The van der Waals surface area contributed by atoms with Crippen LogP contribution in [0.15, 0.2) is 12.1 Å². The summed E-state index contributed by atoms with van der Waals surface area (Å²) in [5.41, 5.74) is -0.126. The maximum Gasteiger partial charge on any atom is 0.311 e. The van der Waals surface area contributed by atoms with Gasteiger partial charge in [0.25, 0.3) is 0 Å². The Morgan fingerprint density at radius 2 is 2.10 bits per heavy atom. The van der Waals surface area contributed by atoms with Crippen LogP contribution < -0.4 is 15.5 Å². The summed E-state index contributed by atoms with van der Waals surface area (Å²) in [7, 11) is 1.60. The van der Waals surface area contributed by atoms with Crippen LogP contribution in [0.25, 0.3) is 0 Å². The van der Waals surface area contributed by atoms with Crippen LogP contribution in [0.2, 0.25) is 0 Å². The summed E-state index contributed by atoms with van der Waals surface area (Å²) < 4.78 is 0. The Morgan fingerprint density at radius 1 is 1.40 bits per heavy atom. The predicted octanol–water partition coefficient (Wildman–Crippen LogP) is 0.994. The van der Waals surface area contributed by atoms with E-state index < -0.39 is 4.92 Å². The number of nitro groups is 1. The lowest BCUT2D eigenvalue weighted by Gasteiger charge is -2.18. The average molecular weight is 281 g/mol. The van der Waals surface area contributed by atoms with Gasteiger partial charge in [0.1, 0.15) is 5.82 Å². The molecule has 1 amide bonds. The third-order valence-electron chi connectivity index (χ3n) is 2.53. The number of hydrogen-bond donors (Lipinski definition) is 2. The first-order valence-electron chi connectivity index (χ1n) is 6.36. The molecule has 1 aromatic heterocycles. The van der Waals surface area contributed by atoms with Crippen molar-refractivity contribution in [1.82, 2.24) is 10.3 Å². The van der Waals surface area contributed by atoms with E-state index in [4.69, 9.17) is 0 Å². The summed E-state index contributed by atoms with van der Waals surface area (Å²) in [4.78, 5) is 27.7. The molecule has 0 aromatic carbocycles. The van der Waals surface area contributed by atoms with Gasteiger partial charge in [0.05, 0.1) is 11.5 Å². The van der Waals surface area contributed by atoms with E-state index in [1.807, 2.05) is 13.8 Å². The van der Waals surface area contributed by atoms with E-state index in [0.29, 0.717) is 18.9 Å². The fourth-order valence-electron chi connectivity index (χ4n) is 1.69. The minimum atomic E-state index is -0.508. The van der Waals surface area contributed by atoms with Crippen molar-refractivity contribution >= 4 is 23.2 Å². The van der Waals surface area contributed by atoms with E-state index in [-0.39, 0.29) is 24.0 Å². The first kappa shape index (κ1) is 15.7. The highest BCUT2D eigenvalue weighted by atomic mass is 16.6. The number of likely N-dealkylation sites (N-methyl/N-ethyl adjacent to an activating group) is 2. The van der Waals surface area contributed by atoms with Crippen molar-refractivity contribution in [2.75, 3.05) is 36.9 Å². The Hall–Kier alpha value is -2.38. The van der Waals surface area contributed by atoms with Crippen molar-refractivity contribution < 1.29 is 9.72 Å². The van der Waals surface area contributed by atoms with Gasteiger partial charge in [0.15, 0.2) is 0 Å². The van der Waals surface area contributed by atoms with Gasteiger partial charge in [-0.3, -0.25) is 14.9 Å². The minimum absolute atomic E-state index is 0.0112. The lowest BCUT2D eigenvalue weighted by Crippen LogP contribution is -2.35. The van der Waals surface area contributed by atoms with Crippen LogP contribution >= 0.6 is 0 Å². The fourth-order valence-corrected chi connectivity index (χ4v) is 1.69. The third-order valence-corrected chi connectivity index (χ3v) is 2.53. The summed E-state index contributed by atoms with van der Waals surface area (Å²) in [6.45, 7) is 4.90. The molecule has 110 valence electrons. The highest BCUT2D eigenvalue weighted by molar-refractivity contribution is 5.81. The summed E-state index contributed by atoms with van der Waals surface area (Å²) in [5.74, 6) is 0.496. The maximum atomic E-state index is 11.6. The number of anilines is 2. The third kappa shape index (κ3) is 4.08. The number of carbonyl (C=O) groups excluding carboxylic acids is 1. The molecule has 0 saturated heterocycles. The van der Waals surface area contributed by atoms with Gasteiger partial charge in [-0.15, -0.1) is 0 Å². The molecule has 0 aliphatic heterocycles. The molecule has 1 aromatic rings. The molecule has 0 unspecified atom stereocenters. The highest BCUT2D eigenvalue weighted by Gasteiger charge is 2.21. The van der Waals surface area contributed by atoms with Crippen LogP contribution in [-0.4, -0.2) is 42.5 Å². The topological polar surface area (TPSA) is 100 Å². The van der Waals surface area contributed by atoms with Gasteiger partial charge in [0, 0.05) is 26.2 Å². The van der Waals surface area contributed by atoms with Gasteiger partial charge in [-0.1, -0.05) is 0 Å². The van der Waals surface area contributed by atoms with Gasteiger partial charge < -0.3 is 15.5 Å². The molecule has 1 heterocycles. The fraction of sp³-hybridized carbons (Fsp3) is 0.500. The van der Waals surface area contributed by atoms with Crippen molar-refractivity contribution in [1.29, 1.82) is 0 Å². The number of rotatable bonds is 7. The van der Waals surface area contributed by atoms with Gasteiger partial charge in [0.2, 0.25) is 11.7 Å². The summed E-state index contributed by atoms with van der Waals surface area (Å²) >= 11 is 0. The molecule has 20 heavy (non-hydrogen) atoms. The van der Waals surface area contributed by atoms with Crippen LogP contribution in [-0.2, 0) is 4.79 Å². The number of hydrogen-bond acceptors (Lipinski definition) is 6. The van der Waals surface area contributed by atoms with Crippen LogP contribution in [0.3, 0.4) is 0 Å². The summed E-state index contributed by atoms with van der Waals surface area (Å²) in [6.07, 6.45) is 0. The van der Waals surface area contributed by atoms with Gasteiger partial charge in [-0.2, -0.15) is 0 Å². The zero-order valence-corrected chi connectivity index (χ0v) is 11.8. The largest absolute Gasteiger partial charge is 0.370 e. The second-order valence-electron chi connectivity index (χ2n) is 4.14. The Morgan fingerprint density at radius 3 is 2.65 bits per heavy atom. The number of pyridine rings is 1. The van der Waals surface area contributed by atoms with Crippen LogP contribution in [0.4, 0.5) is 17.3 Å². The van der Waals surface area contributed by atoms with Crippen LogP contribution in [0.1, 0.15) is 13.8 Å². The number of nitrogens with one attached hydrogen (secondary N) is 2. The van der Waals surface area contributed by atoms with Gasteiger partial charge in [-0.25, -0.2) is 4.98 Å². The molecule has 0 spiro atoms. The van der Waals surface area contributed by atoms with Crippen molar-refractivity contribution in [3.63, 3.8) is 0 Å². The summed E-state index contributed by atoms with van der Waals surface area (Å²) in [5, 5.41) is 16.7. The van der Waals surface area contributed by atoms with Gasteiger partial charge in [-0.05, 0) is 19.9 Å². The Bertz CT molecular complexity index is 492. The van der Waals surface area contributed by atoms with E-state index in [9.17, 15) is 14.9 Å². The van der Waals surface area contributed by atoms with Crippen molar-refractivity contribution in [2.45, 2.75) is 13.8 Å². The minimum Gasteiger partial charge on any atom is -0.370 e. The van der Waals surface area contributed by atoms with Crippen LogP contribution in [0, 0.1) is 10.1 Å². The Labute approximate surface area is 117 Å². The molecule has 0 aliphatic rings. The van der Waals surface area contributed by atoms with Crippen molar-refractivity contribution in [2.24, 2.45) is 0 Å². The van der Waals surface area contributed by atoms with E-state index in [0.717, 1.165) is 0 Å². The van der Waals surface area contributed by atoms with E-state index in [1.54, 1.807) is 13.1 Å². The zero-order chi connectivity index (χ0) is 15.1. The quantitative estimate of drug-likeness (QED) is 0.571. The average Bonchev–Trinajstić information content (AvgIpc) is 2.38. The van der Waals surface area contributed by atoms with Crippen LogP contribution in [0.5, 0.6) is 0 Å². The second-order valence-corrected chi connectivity index (χ2v) is 4.14.